The van der Waals surface area contributed by atoms with Crippen molar-refractivity contribution in [1.29, 1.82) is 0 Å². The van der Waals surface area contributed by atoms with Gasteiger partial charge in [0.2, 0.25) is 0 Å². The van der Waals surface area contributed by atoms with Crippen molar-refractivity contribution in [3.05, 3.63) is 48.0 Å². The maximum absolute atomic E-state index is 4.25. The molecule has 0 spiro atoms. The summed E-state index contributed by atoms with van der Waals surface area (Å²) in [6.07, 6.45) is 11.7. The second kappa shape index (κ2) is 6.18. The third-order valence-electron chi connectivity index (χ3n) is 4.01. The Labute approximate surface area is 120 Å². The van der Waals surface area contributed by atoms with E-state index in [4.69, 9.17) is 0 Å². The van der Waals surface area contributed by atoms with E-state index in [-0.39, 0.29) is 0 Å². The number of nitrogens with zero attached hydrogens (tertiary/aromatic N) is 4. The number of pyridine rings is 1. The van der Waals surface area contributed by atoms with Crippen molar-refractivity contribution in [3.8, 4) is 0 Å². The summed E-state index contributed by atoms with van der Waals surface area (Å²) in [4.78, 5) is 6.77. The molecule has 3 heterocycles. The molecule has 2 aromatic rings. The number of likely N-dealkylation sites (tertiary alicyclic amines) is 1. The first-order valence-electron chi connectivity index (χ1n) is 7.38. The van der Waals surface area contributed by atoms with Crippen LogP contribution in [0, 0.1) is 5.92 Å². The highest BCUT2D eigenvalue weighted by molar-refractivity contribution is 5.10. The van der Waals surface area contributed by atoms with Crippen LogP contribution in [0.5, 0.6) is 0 Å². The molecule has 1 aliphatic heterocycles. The monoisotopic (exact) mass is 270 g/mol. The van der Waals surface area contributed by atoms with Crippen molar-refractivity contribution in [2.45, 2.75) is 25.8 Å². The van der Waals surface area contributed by atoms with Crippen LogP contribution < -0.4 is 0 Å². The van der Waals surface area contributed by atoms with Gasteiger partial charge in [0, 0.05) is 44.3 Å². The second-order valence-electron chi connectivity index (χ2n) is 5.83. The average molecular weight is 270 g/mol. The maximum Gasteiger partial charge on any atom is 0.0534 e. The minimum atomic E-state index is 0.754. The third-order valence-corrected chi connectivity index (χ3v) is 4.01. The molecule has 1 fully saturated rings. The van der Waals surface area contributed by atoms with Crippen LogP contribution in [0.15, 0.2) is 36.9 Å². The zero-order chi connectivity index (χ0) is 13.8. The fourth-order valence-corrected chi connectivity index (χ4v) is 3.13. The largest absolute Gasteiger partial charge is 0.299 e. The van der Waals surface area contributed by atoms with E-state index in [0.29, 0.717) is 0 Å². The molecule has 0 radical (unpaired) electrons. The molecule has 1 saturated heterocycles. The van der Waals surface area contributed by atoms with E-state index in [0.717, 1.165) is 18.9 Å². The lowest BCUT2D eigenvalue weighted by molar-refractivity contribution is 0.167. The first-order valence-corrected chi connectivity index (χ1v) is 7.38. The molecule has 0 N–H and O–H groups in total. The van der Waals surface area contributed by atoms with Gasteiger partial charge in [-0.3, -0.25) is 14.6 Å². The summed E-state index contributed by atoms with van der Waals surface area (Å²) in [5.74, 6) is 0.754. The highest BCUT2D eigenvalue weighted by Crippen LogP contribution is 2.21. The van der Waals surface area contributed by atoms with Crippen LogP contribution in [0.2, 0.25) is 0 Å². The number of hydrogen-bond donors (Lipinski definition) is 0. The molecule has 1 atom stereocenters. The zero-order valence-corrected chi connectivity index (χ0v) is 12.1. The molecule has 0 amide bonds. The number of piperidine rings is 1. The van der Waals surface area contributed by atoms with Crippen molar-refractivity contribution >= 4 is 0 Å². The van der Waals surface area contributed by atoms with Crippen molar-refractivity contribution < 1.29 is 0 Å². The second-order valence-corrected chi connectivity index (χ2v) is 5.83. The van der Waals surface area contributed by atoms with Gasteiger partial charge in [-0.25, -0.2) is 0 Å². The van der Waals surface area contributed by atoms with Gasteiger partial charge in [0.15, 0.2) is 0 Å². The van der Waals surface area contributed by atoms with Crippen LogP contribution in [0.25, 0.3) is 0 Å². The fourth-order valence-electron chi connectivity index (χ4n) is 3.13. The van der Waals surface area contributed by atoms with E-state index in [1.54, 1.807) is 0 Å². The topological polar surface area (TPSA) is 34.0 Å². The van der Waals surface area contributed by atoms with E-state index in [2.05, 4.69) is 27.2 Å². The summed E-state index contributed by atoms with van der Waals surface area (Å²) in [5, 5.41) is 4.25. The Hall–Kier alpha value is -1.68. The summed E-state index contributed by atoms with van der Waals surface area (Å²) in [5.41, 5.74) is 2.68. The van der Waals surface area contributed by atoms with Crippen LogP contribution in [0.1, 0.15) is 24.0 Å². The Bertz CT molecular complexity index is 534. The molecule has 4 nitrogen and oxygen atoms in total. The van der Waals surface area contributed by atoms with Gasteiger partial charge in [-0.2, -0.15) is 5.10 Å². The Morgan fingerprint density at radius 3 is 3.00 bits per heavy atom. The summed E-state index contributed by atoms with van der Waals surface area (Å²) in [7, 11) is 1.98. The molecule has 20 heavy (non-hydrogen) atoms. The number of rotatable bonds is 4. The lowest BCUT2D eigenvalue weighted by Gasteiger charge is -2.32. The summed E-state index contributed by atoms with van der Waals surface area (Å²) in [6.45, 7) is 3.42. The first kappa shape index (κ1) is 13.3. The molecule has 4 heteroatoms. The van der Waals surface area contributed by atoms with Gasteiger partial charge in [0.25, 0.3) is 0 Å². The molecule has 106 valence electrons. The molecular formula is C16H22N4. The molecule has 0 unspecified atom stereocenters. The number of aryl methyl sites for hydroxylation is 1. The zero-order valence-electron chi connectivity index (χ0n) is 12.1. The molecule has 3 rings (SSSR count). The van der Waals surface area contributed by atoms with Crippen molar-refractivity contribution in [3.63, 3.8) is 0 Å². The summed E-state index contributed by atoms with van der Waals surface area (Å²) < 4.78 is 1.88. The van der Waals surface area contributed by atoms with E-state index in [1.165, 1.54) is 37.1 Å². The Kier molecular flexibility index (Phi) is 4.11. The predicted octanol–water partition coefficient (Wildman–Crippen LogP) is 2.27. The van der Waals surface area contributed by atoms with E-state index in [9.17, 15) is 0 Å². The van der Waals surface area contributed by atoms with Gasteiger partial charge in [-0.15, -0.1) is 0 Å². The van der Waals surface area contributed by atoms with Crippen molar-refractivity contribution in [1.82, 2.24) is 19.7 Å². The van der Waals surface area contributed by atoms with Gasteiger partial charge in [0.05, 0.1) is 6.20 Å². The van der Waals surface area contributed by atoms with Crippen LogP contribution in [-0.2, 0) is 20.0 Å². The molecule has 2 aromatic heterocycles. The smallest absolute Gasteiger partial charge is 0.0534 e. The van der Waals surface area contributed by atoms with Crippen molar-refractivity contribution in [2.75, 3.05) is 13.1 Å². The van der Waals surface area contributed by atoms with Gasteiger partial charge in [-0.1, -0.05) is 6.07 Å². The van der Waals surface area contributed by atoms with Crippen LogP contribution >= 0.6 is 0 Å². The van der Waals surface area contributed by atoms with E-state index in [1.807, 2.05) is 36.4 Å². The lowest BCUT2D eigenvalue weighted by Crippen LogP contribution is -2.35. The quantitative estimate of drug-likeness (QED) is 0.854. The highest BCUT2D eigenvalue weighted by atomic mass is 15.2. The van der Waals surface area contributed by atoms with Gasteiger partial charge < -0.3 is 0 Å². The molecular weight excluding hydrogens is 248 g/mol. The summed E-state index contributed by atoms with van der Waals surface area (Å²) >= 11 is 0. The summed E-state index contributed by atoms with van der Waals surface area (Å²) in [6, 6.07) is 4.22. The molecule has 0 bridgehead atoms. The van der Waals surface area contributed by atoms with Crippen LogP contribution in [0.3, 0.4) is 0 Å². The Morgan fingerprint density at radius 2 is 2.25 bits per heavy atom. The normalized spacial score (nSPS) is 20.1. The molecule has 1 aliphatic rings. The molecule has 0 aliphatic carbocycles. The average Bonchev–Trinajstić information content (AvgIpc) is 2.86. The minimum absolute atomic E-state index is 0.754. The number of hydrogen-bond acceptors (Lipinski definition) is 3. The van der Waals surface area contributed by atoms with E-state index >= 15 is 0 Å². The SMILES string of the molecule is Cn1cc(CN2CCC[C@H](Cc3cccnc3)C2)cn1. The van der Waals surface area contributed by atoms with Gasteiger partial charge in [-0.05, 0) is 43.4 Å². The molecule has 0 saturated carbocycles. The van der Waals surface area contributed by atoms with Crippen molar-refractivity contribution in [2.24, 2.45) is 13.0 Å². The van der Waals surface area contributed by atoms with Gasteiger partial charge >= 0.3 is 0 Å². The van der Waals surface area contributed by atoms with E-state index < -0.39 is 0 Å². The molecule has 0 aromatic carbocycles. The van der Waals surface area contributed by atoms with Crippen LogP contribution in [-0.4, -0.2) is 32.8 Å². The lowest BCUT2D eigenvalue weighted by atomic mass is 9.92. The Morgan fingerprint density at radius 1 is 1.30 bits per heavy atom. The number of aromatic nitrogens is 3. The Balaban J connectivity index is 1.56. The maximum atomic E-state index is 4.25. The minimum Gasteiger partial charge on any atom is -0.299 e. The standard InChI is InChI=1S/C16H22N4/c1-19-11-16(10-18-19)13-20-7-3-5-15(12-20)8-14-4-2-6-17-9-14/h2,4,6,9-11,15H,3,5,7-8,12-13H2,1H3/t15-/m1/s1. The third kappa shape index (κ3) is 3.45. The fraction of sp³-hybridized carbons (Fsp3) is 0.500. The van der Waals surface area contributed by atoms with Crippen LogP contribution in [0.4, 0.5) is 0 Å². The highest BCUT2D eigenvalue weighted by Gasteiger charge is 2.20. The first-order chi connectivity index (χ1) is 9.79. The predicted molar refractivity (Wildman–Crippen MR) is 79.2 cm³/mol. The van der Waals surface area contributed by atoms with Gasteiger partial charge in [0.1, 0.15) is 0 Å².